The molecule has 0 aliphatic heterocycles. The number of esters is 1. The Bertz CT molecular complexity index is 373. The largest absolute Gasteiger partial charge is 0.466 e. The van der Waals surface area contributed by atoms with Crippen molar-refractivity contribution < 1.29 is 19.0 Å². The quantitative estimate of drug-likeness (QED) is 0.0846. The summed E-state index contributed by atoms with van der Waals surface area (Å²) in [5, 5.41) is 0. The van der Waals surface area contributed by atoms with Crippen molar-refractivity contribution in [1.82, 2.24) is 0 Å². The van der Waals surface area contributed by atoms with Crippen LogP contribution < -0.4 is 0 Å². The molecule has 0 unspecified atom stereocenters. The maximum Gasteiger partial charge on any atom is 0.305 e. The van der Waals surface area contributed by atoms with E-state index in [-0.39, 0.29) is 5.97 Å². The molecule has 0 aromatic rings. The molecule has 4 nitrogen and oxygen atoms in total. The average molecular weight is 471 g/mol. The van der Waals surface area contributed by atoms with Crippen molar-refractivity contribution in [3.63, 3.8) is 0 Å². The van der Waals surface area contributed by atoms with Crippen LogP contribution in [-0.2, 0) is 19.0 Å². The van der Waals surface area contributed by atoms with E-state index < -0.39 is 0 Å². The minimum absolute atomic E-state index is 0.0865. The molecule has 0 bridgehead atoms. The Balaban J connectivity index is 3.13. The highest BCUT2D eigenvalue weighted by molar-refractivity contribution is 5.69. The first-order chi connectivity index (χ1) is 16.3. The van der Waals surface area contributed by atoms with Gasteiger partial charge in [-0.25, -0.2) is 0 Å². The first kappa shape index (κ1) is 32.4. The summed E-state index contributed by atoms with van der Waals surface area (Å²) >= 11 is 0. The highest BCUT2D eigenvalue weighted by Crippen LogP contribution is 2.13. The number of carbonyl (C=O) groups excluding carboxylic acids is 1. The van der Waals surface area contributed by atoms with Gasteiger partial charge in [0, 0.05) is 19.6 Å². The zero-order valence-corrected chi connectivity index (χ0v) is 22.5. The maximum atomic E-state index is 11.8. The summed E-state index contributed by atoms with van der Waals surface area (Å²) in [5.41, 5.74) is 0. The molecule has 0 aromatic heterocycles. The molecular formula is C29H58O4. The molecule has 0 saturated heterocycles. The molecule has 198 valence electrons. The first-order valence-corrected chi connectivity index (χ1v) is 14.6. The lowest BCUT2D eigenvalue weighted by atomic mass is 10.0. The Kier molecular flexibility index (Phi) is 28.9. The summed E-state index contributed by atoms with van der Waals surface area (Å²) in [6, 6.07) is 0. The van der Waals surface area contributed by atoms with Crippen molar-refractivity contribution in [1.29, 1.82) is 0 Å². The summed E-state index contributed by atoms with van der Waals surface area (Å²) in [6.07, 6.45) is 26.3. The highest BCUT2D eigenvalue weighted by Gasteiger charge is 2.02. The van der Waals surface area contributed by atoms with E-state index >= 15 is 0 Å². The van der Waals surface area contributed by atoms with Gasteiger partial charge in [-0.15, -0.1) is 0 Å². The van der Waals surface area contributed by atoms with E-state index in [1.807, 2.05) is 0 Å². The zero-order valence-electron chi connectivity index (χ0n) is 22.5. The molecule has 0 fully saturated rings. The van der Waals surface area contributed by atoms with E-state index in [1.54, 1.807) is 0 Å². The number of carbonyl (C=O) groups is 1. The van der Waals surface area contributed by atoms with E-state index in [1.165, 1.54) is 109 Å². The maximum absolute atomic E-state index is 11.8. The third-order valence-electron chi connectivity index (χ3n) is 6.19. The Labute approximate surface area is 206 Å². The summed E-state index contributed by atoms with van der Waals surface area (Å²) in [7, 11) is 0. The molecule has 0 heterocycles. The Hall–Kier alpha value is -0.610. The smallest absolute Gasteiger partial charge is 0.305 e. The van der Waals surface area contributed by atoms with Crippen molar-refractivity contribution in [3.8, 4) is 0 Å². The molecule has 4 heteroatoms. The average Bonchev–Trinajstić information content (AvgIpc) is 2.82. The van der Waals surface area contributed by atoms with Crippen LogP contribution in [0.15, 0.2) is 0 Å². The summed E-state index contributed by atoms with van der Waals surface area (Å²) in [6.45, 7) is 7.78. The van der Waals surface area contributed by atoms with E-state index in [2.05, 4.69) is 13.8 Å². The summed E-state index contributed by atoms with van der Waals surface area (Å²) in [4.78, 5) is 11.8. The van der Waals surface area contributed by atoms with Crippen molar-refractivity contribution >= 4 is 5.97 Å². The third-order valence-corrected chi connectivity index (χ3v) is 6.19. The molecule has 0 atom stereocenters. The van der Waals surface area contributed by atoms with Crippen LogP contribution in [0.2, 0.25) is 0 Å². The lowest BCUT2D eigenvalue weighted by molar-refractivity contribution is -0.144. The van der Waals surface area contributed by atoms with Crippen molar-refractivity contribution in [2.24, 2.45) is 0 Å². The monoisotopic (exact) mass is 470 g/mol. The Morgan fingerprint density at radius 2 is 0.788 bits per heavy atom. The lowest BCUT2D eigenvalue weighted by Crippen LogP contribution is -2.09. The molecule has 0 spiro atoms. The zero-order chi connectivity index (χ0) is 24.1. The minimum atomic E-state index is -0.0865. The lowest BCUT2D eigenvalue weighted by Gasteiger charge is -2.07. The predicted molar refractivity (Wildman–Crippen MR) is 141 cm³/mol. The molecule has 0 radical (unpaired) electrons. The van der Waals surface area contributed by atoms with Crippen molar-refractivity contribution in [2.75, 3.05) is 33.0 Å². The number of hydrogen-bond donors (Lipinski definition) is 0. The fraction of sp³-hybridized carbons (Fsp3) is 0.966. The van der Waals surface area contributed by atoms with E-state index in [0.717, 1.165) is 25.9 Å². The van der Waals surface area contributed by atoms with Crippen LogP contribution in [0.4, 0.5) is 0 Å². The van der Waals surface area contributed by atoms with Crippen LogP contribution in [0.25, 0.3) is 0 Å². The highest BCUT2D eigenvalue weighted by atomic mass is 16.5. The van der Waals surface area contributed by atoms with Gasteiger partial charge in [0.05, 0.1) is 19.8 Å². The molecule has 0 amide bonds. The molecule has 0 aromatic carbocycles. The fourth-order valence-electron chi connectivity index (χ4n) is 4.00. The molecule has 0 saturated carbocycles. The van der Waals surface area contributed by atoms with Gasteiger partial charge in [0.15, 0.2) is 0 Å². The molecule has 0 N–H and O–H groups in total. The van der Waals surface area contributed by atoms with Gasteiger partial charge in [-0.3, -0.25) is 4.79 Å². The molecular weight excluding hydrogens is 412 g/mol. The van der Waals surface area contributed by atoms with Crippen molar-refractivity contribution in [2.45, 2.75) is 149 Å². The van der Waals surface area contributed by atoms with Crippen LogP contribution in [0.5, 0.6) is 0 Å². The SMILES string of the molecule is CCCCCCCCCCCCCCCCOC(=O)CCCOCCOCCCCCCC. The number of hydrogen-bond acceptors (Lipinski definition) is 4. The second kappa shape index (κ2) is 29.4. The molecule has 0 aliphatic rings. The van der Waals surface area contributed by atoms with Crippen LogP contribution in [-0.4, -0.2) is 39.0 Å². The second-order valence-electron chi connectivity index (χ2n) is 9.56. The Morgan fingerprint density at radius 3 is 1.24 bits per heavy atom. The van der Waals surface area contributed by atoms with Gasteiger partial charge in [-0.05, 0) is 19.3 Å². The Morgan fingerprint density at radius 1 is 0.424 bits per heavy atom. The number of ether oxygens (including phenoxy) is 3. The van der Waals surface area contributed by atoms with Crippen LogP contribution >= 0.6 is 0 Å². The van der Waals surface area contributed by atoms with Crippen LogP contribution in [0.3, 0.4) is 0 Å². The van der Waals surface area contributed by atoms with Crippen molar-refractivity contribution in [3.05, 3.63) is 0 Å². The van der Waals surface area contributed by atoms with Crippen LogP contribution in [0, 0.1) is 0 Å². The second-order valence-corrected chi connectivity index (χ2v) is 9.56. The minimum Gasteiger partial charge on any atom is -0.466 e. The van der Waals surface area contributed by atoms with Gasteiger partial charge in [-0.2, -0.15) is 0 Å². The van der Waals surface area contributed by atoms with E-state index in [9.17, 15) is 4.79 Å². The van der Waals surface area contributed by atoms with Gasteiger partial charge in [0.1, 0.15) is 0 Å². The van der Waals surface area contributed by atoms with Gasteiger partial charge in [0.25, 0.3) is 0 Å². The van der Waals surface area contributed by atoms with Gasteiger partial charge >= 0.3 is 5.97 Å². The van der Waals surface area contributed by atoms with Gasteiger partial charge in [0.2, 0.25) is 0 Å². The van der Waals surface area contributed by atoms with Gasteiger partial charge in [-0.1, -0.05) is 123 Å². The first-order valence-electron chi connectivity index (χ1n) is 14.6. The molecule has 0 rings (SSSR count). The molecule has 33 heavy (non-hydrogen) atoms. The molecule has 0 aliphatic carbocycles. The normalized spacial score (nSPS) is 11.2. The van der Waals surface area contributed by atoms with E-state index in [0.29, 0.717) is 32.8 Å². The predicted octanol–water partition coefficient (Wildman–Crippen LogP) is 8.79. The van der Waals surface area contributed by atoms with Gasteiger partial charge < -0.3 is 14.2 Å². The number of unbranched alkanes of at least 4 members (excludes halogenated alkanes) is 17. The topological polar surface area (TPSA) is 44.8 Å². The summed E-state index contributed by atoms with van der Waals surface area (Å²) in [5.74, 6) is -0.0865. The standard InChI is InChI=1S/C29H58O4/c1-3-5-7-9-10-11-12-13-14-15-16-17-19-21-26-33-29(30)23-22-25-32-28-27-31-24-20-18-8-6-4-2/h3-28H2,1-2H3. The summed E-state index contributed by atoms with van der Waals surface area (Å²) < 4.78 is 16.4. The third kappa shape index (κ3) is 29.4. The van der Waals surface area contributed by atoms with Crippen LogP contribution in [0.1, 0.15) is 149 Å². The van der Waals surface area contributed by atoms with E-state index in [4.69, 9.17) is 14.2 Å². The fourth-order valence-corrected chi connectivity index (χ4v) is 4.00. The number of rotatable bonds is 28.